The summed E-state index contributed by atoms with van der Waals surface area (Å²) in [5, 5.41) is 11.3. The number of halogens is 4. The van der Waals surface area contributed by atoms with E-state index >= 15 is 0 Å². The van der Waals surface area contributed by atoms with E-state index in [-0.39, 0.29) is 29.0 Å². The smallest absolute Gasteiger partial charge is 0.361 e. The zero-order valence-corrected chi connectivity index (χ0v) is 15.7. The van der Waals surface area contributed by atoms with Gasteiger partial charge in [0.05, 0.1) is 6.04 Å². The van der Waals surface area contributed by atoms with E-state index < -0.39 is 24.2 Å². The summed E-state index contributed by atoms with van der Waals surface area (Å²) < 4.78 is 41.6. The Kier molecular flexibility index (Phi) is 5.21. The van der Waals surface area contributed by atoms with Gasteiger partial charge in [0.2, 0.25) is 0 Å². The number of fused-ring (bicyclic) bond motifs is 1. The summed E-state index contributed by atoms with van der Waals surface area (Å²) in [6.45, 7) is 3.68. The van der Waals surface area contributed by atoms with E-state index in [0.29, 0.717) is 6.42 Å². The molecule has 0 bridgehead atoms. The van der Waals surface area contributed by atoms with Gasteiger partial charge >= 0.3 is 6.18 Å². The fourth-order valence-electron chi connectivity index (χ4n) is 2.80. The summed E-state index contributed by atoms with van der Waals surface area (Å²) >= 11 is 7.60. The van der Waals surface area contributed by atoms with Gasteiger partial charge in [-0.3, -0.25) is 4.79 Å². The first-order valence-corrected chi connectivity index (χ1v) is 9.43. The monoisotopic (exact) mass is 406 g/mol. The normalized spacial score (nSPS) is 21.0. The Hall–Kier alpha value is -1.74. The number of nitrogens with zero attached hydrogens (tertiary/aromatic N) is 2. The lowest BCUT2D eigenvalue weighted by molar-refractivity contribution is -0.173. The van der Waals surface area contributed by atoms with Crippen LogP contribution in [0.4, 0.5) is 19.0 Å². The molecule has 2 aromatic rings. The molecule has 26 heavy (non-hydrogen) atoms. The number of carbonyl (C=O) groups is 1. The molecule has 0 unspecified atom stereocenters. The van der Waals surface area contributed by atoms with Crippen LogP contribution in [0.2, 0.25) is 5.02 Å². The molecular weight excluding hydrogens is 389 g/mol. The van der Waals surface area contributed by atoms with Crippen LogP contribution in [0, 0.1) is 0 Å². The lowest BCUT2D eigenvalue weighted by atomic mass is 10.0. The van der Waals surface area contributed by atoms with Crippen LogP contribution in [-0.4, -0.2) is 27.9 Å². The highest BCUT2D eigenvalue weighted by Crippen LogP contribution is 2.46. The van der Waals surface area contributed by atoms with E-state index in [4.69, 9.17) is 11.6 Å². The molecule has 3 atom stereocenters. The molecule has 3 heterocycles. The predicted molar refractivity (Wildman–Crippen MR) is 94.8 cm³/mol. The number of hydrogen-bond acceptors (Lipinski definition) is 4. The number of thiophene rings is 1. The topological polar surface area (TPSA) is 59.0 Å². The van der Waals surface area contributed by atoms with Gasteiger partial charge in [-0.2, -0.15) is 18.3 Å². The Balaban J connectivity index is 2.00. The first-order chi connectivity index (χ1) is 12.2. The van der Waals surface area contributed by atoms with Crippen molar-refractivity contribution in [1.82, 2.24) is 15.1 Å². The number of alkyl halides is 3. The first-order valence-electron chi connectivity index (χ1n) is 8.17. The molecule has 142 valence electrons. The number of hydrogen-bond donors (Lipinski definition) is 2. The molecule has 10 heteroatoms. The lowest BCUT2D eigenvalue weighted by Gasteiger charge is -2.32. The van der Waals surface area contributed by atoms with E-state index in [1.807, 2.05) is 6.92 Å². The maximum atomic E-state index is 13.6. The molecule has 0 saturated carbocycles. The summed E-state index contributed by atoms with van der Waals surface area (Å²) in [5.41, 5.74) is -0.199. The van der Waals surface area contributed by atoms with Crippen LogP contribution in [0.1, 0.15) is 54.1 Å². The predicted octanol–water partition coefficient (Wildman–Crippen LogP) is 4.79. The van der Waals surface area contributed by atoms with Gasteiger partial charge in [-0.15, -0.1) is 11.3 Å². The third-order valence-corrected chi connectivity index (χ3v) is 5.73. The summed E-state index contributed by atoms with van der Waals surface area (Å²) in [4.78, 5) is 13.1. The molecule has 1 aliphatic rings. The Morgan fingerprint density at radius 2 is 2.31 bits per heavy atom. The molecule has 1 amide bonds. The number of rotatable bonds is 4. The number of carbonyl (C=O) groups excluding carboxylic acids is 1. The number of amides is 1. The average Bonchev–Trinajstić information content (AvgIpc) is 3.21. The quantitative estimate of drug-likeness (QED) is 0.767. The Labute approximate surface area is 157 Å². The number of nitrogens with one attached hydrogen (secondary N) is 2. The summed E-state index contributed by atoms with van der Waals surface area (Å²) in [6, 6.07) is 1.01. The van der Waals surface area contributed by atoms with Crippen molar-refractivity contribution in [2.75, 3.05) is 5.32 Å². The highest BCUT2D eigenvalue weighted by molar-refractivity contribution is 7.10. The fourth-order valence-corrected chi connectivity index (χ4v) is 3.86. The van der Waals surface area contributed by atoms with Crippen LogP contribution in [0.25, 0.3) is 0 Å². The zero-order chi connectivity index (χ0) is 19.1. The van der Waals surface area contributed by atoms with Gasteiger partial charge in [0, 0.05) is 17.3 Å². The van der Waals surface area contributed by atoms with Crippen molar-refractivity contribution in [2.45, 2.75) is 51.0 Å². The first kappa shape index (κ1) is 19.0. The van der Waals surface area contributed by atoms with Crippen molar-refractivity contribution < 1.29 is 18.0 Å². The van der Waals surface area contributed by atoms with Gasteiger partial charge in [0.15, 0.2) is 11.7 Å². The molecule has 0 radical (unpaired) electrons. The van der Waals surface area contributed by atoms with Gasteiger partial charge in [0.1, 0.15) is 10.8 Å². The van der Waals surface area contributed by atoms with E-state index in [1.165, 1.54) is 11.3 Å². The molecule has 0 saturated heterocycles. The molecule has 0 spiro atoms. The standard InChI is InChI=1S/C16H18ClF3N4OS/c1-3-8(2)21-15(25)13-12(17)14-22-9(10-5-4-6-26-10)7-11(16(18,19)20)24(14)23-13/h4-6,8-9,11,22H,3,7H2,1-2H3,(H,21,25)/t8-,9-,11-/m1/s1. The van der Waals surface area contributed by atoms with Gasteiger partial charge in [0.25, 0.3) is 5.91 Å². The van der Waals surface area contributed by atoms with Crippen LogP contribution in [0.15, 0.2) is 17.5 Å². The van der Waals surface area contributed by atoms with Gasteiger partial charge in [-0.25, -0.2) is 4.68 Å². The molecule has 1 aliphatic heterocycles. The van der Waals surface area contributed by atoms with Crippen LogP contribution < -0.4 is 10.6 Å². The highest BCUT2D eigenvalue weighted by Gasteiger charge is 2.48. The van der Waals surface area contributed by atoms with Crippen LogP contribution in [0.5, 0.6) is 0 Å². The van der Waals surface area contributed by atoms with Gasteiger partial charge in [-0.05, 0) is 24.8 Å². The van der Waals surface area contributed by atoms with E-state index in [9.17, 15) is 18.0 Å². The van der Waals surface area contributed by atoms with Crippen molar-refractivity contribution in [3.05, 3.63) is 33.1 Å². The second kappa shape index (κ2) is 7.11. The maximum absolute atomic E-state index is 13.6. The van der Waals surface area contributed by atoms with E-state index in [0.717, 1.165) is 9.56 Å². The molecule has 2 aromatic heterocycles. The van der Waals surface area contributed by atoms with Crippen LogP contribution >= 0.6 is 22.9 Å². The van der Waals surface area contributed by atoms with Crippen LogP contribution in [0.3, 0.4) is 0 Å². The van der Waals surface area contributed by atoms with Gasteiger partial charge in [-0.1, -0.05) is 24.6 Å². The number of anilines is 1. The second-order valence-corrected chi connectivity index (χ2v) is 7.60. The Morgan fingerprint density at radius 3 is 2.88 bits per heavy atom. The fraction of sp³-hybridized carbons (Fsp3) is 0.500. The minimum atomic E-state index is -4.51. The third-order valence-electron chi connectivity index (χ3n) is 4.39. The summed E-state index contributed by atoms with van der Waals surface area (Å²) in [5.74, 6) is -0.561. The molecule has 0 aromatic carbocycles. The Bertz CT molecular complexity index is 790. The van der Waals surface area contributed by atoms with Crippen LogP contribution in [-0.2, 0) is 0 Å². The lowest BCUT2D eigenvalue weighted by Crippen LogP contribution is -2.36. The molecule has 5 nitrogen and oxygen atoms in total. The molecular formula is C16H18ClF3N4OS. The SMILES string of the molecule is CC[C@@H](C)NC(=O)c1nn2c(c1Cl)N[C@@H](c1cccs1)C[C@@H]2C(F)(F)F. The highest BCUT2D eigenvalue weighted by atomic mass is 35.5. The molecule has 0 aliphatic carbocycles. The minimum absolute atomic E-state index is 0.0212. The van der Waals surface area contributed by atoms with Gasteiger partial charge < -0.3 is 10.6 Å². The maximum Gasteiger partial charge on any atom is 0.410 e. The summed E-state index contributed by atoms with van der Waals surface area (Å²) in [6.07, 6.45) is -4.05. The molecule has 3 rings (SSSR count). The summed E-state index contributed by atoms with van der Waals surface area (Å²) in [7, 11) is 0. The molecule has 2 N–H and O–H groups in total. The largest absolute Gasteiger partial charge is 0.410 e. The zero-order valence-electron chi connectivity index (χ0n) is 14.1. The molecule has 0 fully saturated rings. The van der Waals surface area contributed by atoms with Crippen molar-refractivity contribution >= 4 is 34.7 Å². The number of aromatic nitrogens is 2. The van der Waals surface area contributed by atoms with Crippen molar-refractivity contribution in [3.8, 4) is 0 Å². The van der Waals surface area contributed by atoms with E-state index in [1.54, 1.807) is 24.4 Å². The average molecular weight is 407 g/mol. The van der Waals surface area contributed by atoms with Crippen molar-refractivity contribution in [2.24, 2.45) is 0 Å². The van der Waals surface area contributed by atoms with E-state index in [2.05, 4.69) is 15.7 Å². The Morgan fingerprint density at radius 1 is 1.58 bits per heavy atom. The van der Waals surface area contributed by atoms with Crippen molar-refractivity contribution in [3.63, 3.8) is 0 Å². The third kappa shape index (κ3) is 3.55. The van der Waals surface area contributed by atoms with Crippen molar-refractivity contribution in [1.29, 1.82) is 0 Å². The second-order valence-electron chi connectivity index (χ2n) is 6.24. The minimum Gasteiger partial charge on any atom is -0.361 e.